The number of benzene rings is 1. The van der Waals surface area contributed by atoms with E-state index in [0.717, 1.165) is 24.2 Å². The van der Waals surface area contributed by atoms with E-state index in [1.54, 1.807) is 12.0 Å². The van der Waals surface area contributed by atoms with E-state index in [0.29, 0.717) is 32.6 Å². The van der Waals surface area contributed by atoms with E-state index in [4.69, 9.17) is 4.74 Å². The van der Waals surface area contributed by atoms with E-state index in [1.165, 1.54) is 0 Å². The van der Waals surface area contributed by atoms with Crippen molar-refractivity contribution in [1.82, 2.24) is 14.9 Å². The Morgan fingerprint density at radius 3 is 2.72 bits per heavy atom. The fraction of sp³-hybridized carbons (Fsp3) is 0.588. The Labute approximate surface area is 148 Å². The molecule has 25 heavy (non-hydrogen) atoms. The van der Waals surface area contributed by atoms with Gasteiger partial charge in [0.25, 0.3) is 0 Å². The van der Waals surface area contributed by atoms with Crippen molar-refractivity contribution < 1.29 is 17.9 Å². The lowest BCUT2D eigenvalue weighted by atomic mass is 10.0. The molecule has 1 aromatic rings. The van der Waals surface area contributed by atoms with Crippen LogP contribution in [0.4, 0.5) is 4.79 Å². The number of urea groups is 1. The number of nitrogens with one attached hydrogen (secondary N) is 2. The molecule has 2 saturated heterocycles. The summed E-state index contributed by atoms with van der Waals surface area (Å²) in [6, 6.07) is 7.66. The zero-order chi connectivity index (χ0) is 17.9. The monoisotopic (exact) mass is 367 g/mol. The standard InChI is InChI=1S/C17H25N3O4S/c1-24-15-4-2-13(3-5-15)6-9-18-17(21)20-10-7-14-12-19-25(22,23)16(14)8-11-20/h2-5,14,16,19H,6-12H2,1H3,(H,18,21)/t14-,16-/m1/s1. The van der Waals surface area contributed by atoms with Crippen molar-refractivity contribution in [1.29, 1.82) is 0 Å². The molecule has 2 aliphatic rings. The van der Waals surface area contributed by atoms with Gasteiger partial charge in [0.15, 0.2) is 0 Å². The van der Waals surface area contributed by atoms with Gasteiger partial charge in [0.05, 0.1) is 12.4 Å². The molecule has 3 rings (SSSR count). The van der Waals surface area contributed by atoms with Crippen LogP contribution in [0.2, 0.25) is 0 Å². The van der Waals surface area contributed by atoms with Crippen molar-refractivity contribution >= 4 is 16.1 Å². The molecule has 7 nitrogen and oxygen atoms in total. The minimum absolute atomic E-state index is 0.112. The maximum Gasteiger partial charge on any atom is 0.317 e. The van der Waals surface area contributed by atoms with Gasteiger partial charge in [0.2, 0.25) is 10.0 Å². The van der Waals surface area contributed by atoms with Crippen molar-refractivity contribution in [2.45, 2.75) is 24.5 Å². The van der Waals surface area contributed by atoms with Crippen molar-refractivity contribution in [3.63, 3.8) is 0 Å². The smallest absolute Gasteiger partial charge is 0.317 e. The minimum atomic E-state index is -3.20. The predicted octanol–water partition coefficient (Wildman–Crippen LogP) is 0.961. The van der Waals surface area contributed by atoms with Crippen molar-refractivity contribution in [2.24, 2.45) is 5.92 Å². The summed E-state index contributed by atoms with van der Waals surface area (Å²) in [4.78, 5) is 14.1. The summed E-state index contributed by atoms with van der Waals surface area (Å²) < 4.78 is 31.7. The maximum absolute atomic E-state index is 12.4. The van der Waals surface area contributed by atoms with Gasteiger partial charge in [-0.2, -0.15) is 0 Å². The van der Waals surface area contributed by atoms with E-state index in [2.05, 4.69) is 10.0 Å². The summed E-state index contributed by atoms with van der Waals surface area (Å²) in [5, 5.41) is 2.58. The molecule has 2 atom stereocenters. The van der Waals surface area contributed by atoms with Crippen LogP contribution in [0.1, 0.15) is 18.4 Å². The van der Waals surface area contributed by atoms with Crippen LogP contribution < -0.4 is 14.8 Å². The molecule has 2 fully saturated rings. The number of nitrogens with zero attached hydrogens (tertiary/aromatic N) is 1. The summed E-state index contributed by atoms with van der Waals surface area (Å²) in [6.07, 6.45) is 1.97. The maximum atomic E-state index is 12.4. The van der Waals surface area contributed by atoms with E-state index >= 15 is 0 Å². The molecule has 0 spiro atoms. The topological polar surface area (TPSA) is 87.7 Å². The number of amides is 2. The highest BCUT2D eigenvalue weighted by Crippen LogP contribution is 2.28. The number of ether oxygens (including phenoxy) is 1. The molecule has 2 aliphatic heterocycles. The third-order valence-electron chi connectivity index (χ3n) is 5.06. The Bertz CT molecular complexity index is 705. The number of hydrogen-bond donors (Lipinski definition) is 2. The average Bonchev–Trinajstić information content (AvgIpc) is 2.77. The molecular formula is C17H25N3O4S. The molecule has 0 aromatic heterocycles. The van der Waals surface area contributed by atoms with Gasteiger partial charge in [-0.05, 0) is 42.9 Å². The Morgan fingerprint density at radius 1 is 1.28 bits per heavy atom. The van der Waals surface area contributed by atoms with E-state index in [-0.39, 0.29) is 17.2 Å². The van der Waals surface area contributed by atoms with Crippen molar-refractivity contribution in [3.8, 4) is 5.75 Å². The van der Waals surface area contributed by atoms with Crippen molar-refractivity contribution in [3.05, 3.63) is 29.8 Å². The van der Waals surface area contributed by atoms with Crippen LogP contribution in [0.3, 0.4) is 0 Å². The van der Waals surface area contributed by atoms with Gasteiger partial charge in [-0.25, -0.2) is 17.9 Å². The number of fused-ring (bicyclic) bond motifs is 1. The second-order valence-electron chi connectivity index (χ2n) is 6.59. The first kappa shape index (κ1) is 18.0. The molecule has 0 saturated carbocycles. The fourth-order valence-electron chi connectivity index (χ4n) is 3.53. The first-order valence-electron chi connectivity index (χ1n) is 8.64. The van der Waals surface area contributed by atoms with Gasteiger partial charge in [-0.1, -0.05) is 12.1 Å². The minimum Gasteiger partial charge on any atom is -0.497 e. The molecule has 0 bridgehead atoms. The molecule has 0 unspecified atom stereocenters. The number of rotatable bonds is 4. The zero-order valence-electron chi connectivity index (χ0n) is 14.4. The predicted molar refractivity (Wildman–Crippen MR) is 95.1 cm³/mol. The fourth-order valence-corrected chi connectivity index (χ4v) is 5.35. The number of carbonyl (C=O) groups excluding carboxylic acids is 1. The van der Waals surface area contributed by atoms with Gasteiger partial charge >= 0.3 is 6.03 Å². The molecular weight excluding hydrogens is 342 g/mol. The number of methoxy groups -OCH3 is 1. The van der Waals surface area contributed by atoms with Gasteiger partial charge in [0.1, 0.15) is 5.75 Å². The molecule has 1 aromatic carbocycles. The Kier molecular flexibility index (Phi) is 5.48. The van der Waals surface area contributed by atoms with Crippen LogP contribution in [0.15, 0.2) is 24.3 Å². The number of carbonyl (C=O) groups is 1. The lowest BCUT2D eigenvalue weighted by Gasteiger charge is -2.21. The molecule has 8 heteroatoms. The van der Waals surface area contributed by atoms with E-state index < -0.39 is 10.0 Å². The average molecular weight is 367 g/mol. The van der Waals surface area contributed by atoms with Gasteiger partial charge < -0.3 is 15.0 Å². The third-order valence-corrected chi connectivity index (χ3v) is 7.05. The summed E-state index contributed by atoms with van der Waals surface area (Å²) in [5.74, 6) is 0.925. The lowest BCUT2D eigenvalue weighted by molar-refractivity contribution is 0.199. The highest BCUT2D eigenvalue weighted by atomic mass is 32.2. The molecule has 0 aliphatic carbocycles. The second-order valence-corrected chi connectivity index (χ2v) is 8.57. The normalized spacial score (nSPS) is 25.1. The quantitative estimate of drug-likeness (QED) is 0.830. The Hall–Kier alpha value is -1.80. The van der Waals surface area contributed by atoms with Crippen LogP contribution in [0.5, 0.6) is 5.75 Å². The Morgan fingerprint density at radius 2 is 2.00 bits per heavy atom. The highest BCUT2D eigenvalue weighted by Gasteiger charge is 2.41. The summed E-state index contributed by atoms with van der Waals surface area (Å²) in [5.41, 5.74) is 1.13. The molecule has 2 heterocycles. The van der Waals surface area contributed by atoms with Crippen LogP contribution in [0.25, 0.3) is 0 Å². The number of hydrogen-bond acceptors (Lipinski definition) is 4. The van der Waals surface area contributed by atoms with Crippen LogP contribution >= 0.6 is 0 Å². The van der Waals surface area contributed by atoms with E-state index in [1.807, 2.05) is 24.3 Å². The SMILES string of the molecule is COc1ccc(CCNC(=O)N2CC[C@@H]3CNS(=O)(=O)[C@@H]3CC2)cc1. The van der Waals surface area contributed by atoms with Gasteiger partial charge in [0, 0.05) is 26.2 Å². The van der Waals surface area contributed by atoms with Crippen LogP contribution in [-0.2, 0) is 16.4 Å². The van der Waals surface area contributed by atoms with Crippen LogP contribution in [0, 0.1) is 5.92 Å². The molecule has 138 valence electrons. The largest absolute Gasteiger partial charge is 0.497 e. The highest BCUT2D eigenvalue weighted by molar-refractivity contribution is 7.90. The summed E-state index contributed by atoms with van der Waals surface area (Å²) in [7, 11) is -1.57. The van der Waals surface area contributed by atoms with E-state index in [9.17, 15) is 13.2 Å². The summed E-state index contributed by atoms with van der Waals surface area (Å²) >= 11 is 0. The van der Waals surface area contributed by atoms with Crippen LogP contribution in [-0.4, -0.2) is 57.9 Å². The summed E-state index contributed by atoms with van der Waals surface area (Å²) in [6.45, 7) is 2.14. The van der Waals surface area contributed by atoms with Gasteiger partial charge in [-0.15, -0.1) is 0 Å². The van der Waals surface area contributed by atoms with Gasteiger partial charge in [-0.3, -0.25) is 0 Å². The van der Waals surface area contributed by atoms with Crippen molar-refractivity contribution in [2.75, 3.05) is 33.3 Å². The molecule has 0 radical (unpaired) electrons. The third kappa shape index (κ3) is 4.24. The Balaban J connectivity index is 1.47. The molecule has 2 N–H and O–H groups in total. The first-order chi connectivity index (χ1) is 12.0. The number of sulfonamides is 1. The number of likely N-dealkylation sites (tertiary alicyclic amines) is 1. The zero-order valence-corrected chi connectivity index (χ0v) is 15.2. The lowest BCUT2D eigenvalue weighted by Crippen LogP contribution is -2.41. The molecule has 2 amide bonds. The second kappa shape index (κ2) is 7.61. The first-order valence-corrected chi connectivity index (χ1v) is 10.2.